The van der Waals surface area contributed by atoms with Crippen molar-refractivity contribution >= 4 is 17.1 Å². The molecule has 24 heavy (non-hydrogen) atoms. The third kappa shape index (κ3) is 2.36. The number of aromatic nitrogens is 2. The normalized spacial score (nSPS) is 27.3. The molecule has 1 aromatic heterocycles. The number of benzene rings is 1. The molecule has 2 aromatic rings. The van der Waals surface area contributed by atoms with E-state index >= 15 is 0 Å². The SMILES string of the molecule is CN(C(=O)n1c(=O)[nH]c2ccccc21)[C@H]1C[C@H]2CCC[C@@H](C1)N2C. The van der Waals surface area contributed by atoms with Gasteiger partial charge >= 0.3 is 11.7 Å². The minimum absolute atomic E-state index is 0.199. The van der Waals surface area contributed by atoms with E-state index in [9.17, 15) is 9.59 Å². The summed E-state index contributed by atoms with van der Waals surface area (Å²) in [6, 6.07) is 8.40. The molecule has 4 rings (SSSR count). The highest BCUT2D eigenvalue weighted by Gasteiger charge is 2.39. The molecule has 2 saturated heterocycles. The second-order valence-electron chi connectivity index (χ2n) is 7.21. The maximum Gasteiger partial charge on any atom is 0.334 e. The maximum atomic E-state index is 13.0. The highest BCUT2D eigenvalue weighted by atomic mass is 16.2. The molecular formula is C18H24N4O2. The standard InChI is InChI=1S/C18H24N4O2/c1-20-12-6-5-7-13(20)11-14(10-12)21(2)18(24)22-16-9-4-3-8-15(16)19-17(22)23/h3-4,8-9,12-14H,5-7,10-11H2,1-2H3,(H,19,23)/t12-,13+,14+. The van der Waals surface area contributed by atoms with Gasteiger partial charge in [0, 0.05) is 25.2 Å². The molecule has 0 spiro atoms. The van der Waals surface area contributed by atoms with Gasteiger partial charge < -0.3 is 14.8 Å². The number of nitrogens with zero attached hydrogens (tertiary/aromatic N) is 3. The van der Waals surface area contributed by atoms with Crippen LogP contribution in [-0.2, 0) is 0 Å². The molecule has 2 fully saturated rings. The topological polar surface area (TPSA) is 61.3 Å². The molecular weight excluding hydrogens is 304 g/mol. The molecule has 1 N–H and O–H groups in total. The highest BCUT2D eigenvalue weighted by Crippen LogP contribution is 2.34. The number of hydrogen-bond donors (Lipinski definition) is 1. The van der Waals surface area contributed by atoms with E-state index in [4.69, 9.17) is 0 Å². The summed E-state index contributed by atoms with van der Waals surface area (Å²) in [5, 5.41) is 0. The van der Waals surface area contributed by atoms with Crippen LogP contribution in [-0.4, -0.2) is 57.6 Å². The smallest absolute Gasteiger partial charge is 0.324 e. The zero-order valence-electron chi connectivity index (χ0n) is 14.2. The summed E-state index contributed by atoms with van der Waals surface area (Å²) in [6.07, 6.45) is 5.68. The van der Waals surface area contributed by atoms with Crippen LogP contribution >= 0.6 is 0 Å². The zero-order chi connectivity index (χ0) is 16.8. The second kappa shape index (κ2) is 5.77. The Labute approximate surface area is 141 Å². The number of imidazole rings is 1. The predicted octanol–water partition coefficient (Wildman–Crippen LogP) is 2.24. The largest absolute Gasteiger partial charge is 0.334 e. The van der Waals surface area contributed by atoms with Crippen LogP contribution in [0.3, 0.4) is 0 Å². The van der Waals surface area contributed by atoms with E-state index in [1.54, 1.807) is 4.90 Å². The first-order valence-corrected chi connectivity index (χ1v) is 8.75. The number of fused-ring (bicyclic) bond motifs is 3. The first kappa shape index (κ1) is 15.4. The van der Waals surface area contributed by atoms with E-state index in [0.29, 0.717) is 23.1 Å². The monoisotopic (exact) mass is 328 g/mol. The number of carbonyl (C=O) groups is 1. The van der Waals surface area contributed by atoms with E-state index in [-0.39, 0.29) is 17.8 Å². The van der Waals surface area contributed by atoms with Crippen molar-refractivity contribution in [3.05, 3.63) is 34.7 Å². The number of para-hydroxylation sites is 2. The van der Waals surface area contributed by atoms with Crippen LogP contribution in [0.15, 0.2) is 29.1 Å². The fourth-order valence-electron chi connectivity index (χ4n) is 4.46. The number of carbonyl (C=O) groups excluding carboxylic acids is 1. The Morgan fingerprint density at radius 1 is 1.21 bits per heavy atom. The van der Waals surface area contributed by atoms with Gasteiger partial charge in [-0.25, -0.2) is 14.2 Å². The molecule has 0 saturated carbocycles. The van der Waals surface area contributed by atoms with Crippen LogP contribution in [0.4, 0.5) is 4.79 Å². The summed E-state index contributed by atoms with van der Waals surface area (Å²) in [7, 11) is 4.04. The molecule has 6 nitrogen and oxygen atoms in total. The van der Waals surface area contributed by atoms with Crippen molar-refractivity contribution in [3.8, 4) is 0 Å². The lowest BCUT2D eigenvalue weighted by Gasteiger charge is -2.49. The average Bonchev–Trinajstić information content (AvgIpc) is 2.89. The van der Waals surface area contributed by atoms with Crippen LogP contribution in [0.1, 0.15) is 32.1 Å². The Bertz CT molecular complexity index is 810. The molecule has 6 heteroatoms. The van der Waals surface area contributed by atoms with Gasteiger partial charge in [0.05, 0.1) is 11.0 Å². The Kier molecular flexibility index (Phi) is 3.72. The van der Waals surface area contributed by atoms with Gasteiger partial charge in [-0.2, -0.15) is 0 Å². The minimum Gasteiger partial charge on any atom is -0.324 e. The fourth-order valence-corrected chi connectivity index (χ4v) is 4.46. The molecule has 3 atom stereocenters. The van der Waals surface area contributed by atoms with Crippen molar-refractivity contribution in [1.82, 2.24) is 19.4 Å². The van der Waals surface area contributed by atoms with Crippen LogP contribution < -0.4 is 5.69 Å². The van der Waals surface area contributed by atoms with Crippen molar-refractivity contribution < 1.29 is 4.79 Å². The molecule has 1 aromatic carbocycles. The van der Waals surface area contributed by atoms with Crippen molar-refractivity contribution in [3.63, 3.8) is 0 Å². The Morgan fingerprint density at radius 2 is 1.88 bits per heavy atom. The first-order chi connectivity index (χ1) is 11.6. The second-order valence-corrected chi connectivity index (χ2v) is 7.21. The van der Waals surface area contributed by atoms with Crippen LogP contribution in [0.2, 0.25) is 0 Å². The van der Waals surface area contributed by atoms with E-state index in [1.165, 1.54) is 23.8 Å². The highest BCUT2D eigenvalue weighted by molar-refractivity contribution is 5.89. The third-order valence-electron chi connectivity index (χ3n) is 5.95. The first-order valence-electron chi connectivity index (χ1n) is 8.75. The van der Waals surface area contributed by atoms with Gasteiger partial charge in [0.25, 0.3) is 0 Å². The number of piperidine rings is 2. The van der Waals surface area contributed by atoms with Gasteiger partial charge in [0.1, 0.15) is 0 Å². The van der Waals surface area contributed by atoms with Gasteiger partial charge in [-0.1, -0.05) is 18.6 Å². The van der Waals surface area contributed by atoms with Crippen molar-refractivity contribution in [2.75, 3.05) is 14.1 Å². The number of nitrogens with one attached hydrogen (secondary N) is 1. The third-order valence-corrected chi connectivity index (χ3v) is 5.95. The summed E-state index contributed by atoms with van der Waals surface area (Å²) >= 11 is 0. The molecule has 2 aliphatic rings. The Balaban J connectivity index is 1.62. The Morgan fingerprint density at radius 3 is 2.58 bits per heavy atom. The summed E-state index contributed by atoms with van der Waals surface area (Å²) in [5.41, 5.74) is 0.984. The summed E-state index contributed by atoms with van der Waals surface area (Å²) in [5.74, 6) is 0. The molecule has 0 aliphatic carbocycles. The van der Waals surface area contributed by atoms with Crippen molar-refractivity contribution in [2.45, 2.75) is 50.2 Å². The van der Waals surface area contributed by atoms with E-state index in [1.807, 2.05) is 31.3 Å². The van der Waals surface area contributed by atoms with E-state index in [0.717, 1.165) is 12.8 Å². The van der Waals surface area contributed by atoms with Gasteiger partial charge in [-0.3, -0.25) is 0 Å². The maximum absolute atomic E-state index is 13.0. The number of amides is 1. The van der Waals surface area contributed by atoms with Crippen molar-refractivity contribution in [2.24, 2.45) is 0 Å². The molecule has 0 radical (unpaired) electrons. The lowest BCUT2D eigenvalue weighted by molar-refractivity contribution is 0.0260. The van der Waals surface area contributed by atoms with Gasteiger partial charge in [0.15, 0.2) is 0 Å². The van der Waals surface area contributed by atoms with Crippen LogP contribution in [0, 0.1) is 0 Å². The molecule has 3 heterocycles. The Hall–Kier alpha value is -2.08. The summed E-state index contributed by atoms with van der Waals surface area (Å²) in [4.78, 5) is 32.3. The molecule has 2 aliphatic heterocycles. The summed E-state index contributed by atoms with van der Waals surface area (Å²) in [6.45, 7) is 0. The predicted molar refractivity (Wildman–Crippen MR) is 93.3 cm³/mol. The van der Waals surface area contributed by atoms with Crippen molar-refractivity contribution in [1.29, 1.82) is 0 Å². The summed E-state index contributed by atoms with van der Waals surface area (Å²) < 4.78 is 1.27. The number of rotatable bonds is 1. The van der Waals surface area contributed by atoms with E-state index < -0.39 is 0 Å². The number of H-pyrrole nitrogens is 1. The lowest BCUT2D eigenvalue weighted by Crippen LogP contribution is -2.56. The van der Waals surface area contributed by atoms with Crippen LogP contribution in [0.5, 0.6) is 0 Å². The molecule has 0 unspecified atom stereocenters. The van der Waals surface area contributed by atoms with Gasteiger partial charge in [0.2, 0.25) is 0 Å². The quantitative estimate of drug-likeness (QED) is 0.873. The zero-order valence-corrected chi connectivity index (χ0v) is 14.2. The van der Waals surface area contributed by atoms with Crippen LogP contribution in [0.25, 0.3) is 11.0 Å². The lowest BCUT2D eigenvalue weighted by atomic mass is 9.82. The molecule has 2 bridgehead atoms. The number of aromatic amines is 1. The van der Waals surface area contributed by atoms with Gasteiger partial charge in [-0.05, 0) is 44.9 Å². The fraction of sp³-hybridized carbons (Fsp3) is 0.556. The van der Waals surface area contributed by atoms with Gasteiger partial charge in [-0.15, -0.1) is 0 Å². The average molecular weight is 328 g/mol. The molecule has 128 valence electrons. The number of hydrogen-bond acceptors (Lipinski definition) is 3. The molecule has 1 amide bonds. The minimum atomic E-state index is -0.360. The van der Waals surface area contributed by atoms with E-state index in [2.05, 4.69) is 16.9 Å².